The lowest BCUT2D eigenvalue weighted by atomic mass is 10.0. The molecule has 1 heterocycles. The zero-order valence-electron chi connectivity index (χ0n) is 9.75. The second kappa shape index (κ2) is 5.14. The van der Waals surface area contributed by atoms with Crippen molar-refractivity contribution < 1.29 is 9.59 Å². The van der Waals surface area contributed by atoms with Gasteiger partial charge in [-0.1, -0.05) is 13.8 Å². The first-order chi connectivity index (χ1) is 6.99. The quantitative estimate of drug-likeness (QED) is 0.749. The molecule has 0 aromatic heterocycles. The van der Waals surface area contributed by atoms with Gasteiger partial charge in [0.1, 0.15) is 5.78 Å². The average molecular weight is 212 g/mol. The average Bonchev–Trinajstić information content (AvgIpc) is 2.41. The first-order valence-corrected chi connectivity index (χ1v) is 5.54. The molecular weight excluding hydrogens is 192 g/mol. The lowest BCUT2D eigenvalue weighted by molar-refractivity contribution is -0.117. The van der Waals surface area contributed by atoms with Crippen LogP contribution in [0.15, 0.2) is 0 Å². The summed E-state index contributed by atoms with van der Waals surface area (Å²) in [6, 6.07) is 0.228. The number of urea groups is 1. The maximum atomic E-state index is 11.5. The van der Waals surface area contributed by atoms with Crippen LogP contribution in [-0.2, 0) is 4.79 Å². The van der Waals surface area contributed by atoms with E-state index < -0.39 is 0 Å². The van der Waals surface area contributed by atoms with E-state index in [1.165, 1.54) is 0 Å². The van der Waals surface area contributed by atoms with Crippen molar-refractivity contribution >= 4 is 11.8 Å². The van der Waals surface area contributed by atoms with Gasteiger partial charge in [0, 0.05) is 25.6 Å². The summed E-state index contributed by atoms with van der Waals surface area (Å²) in [5.41, 5.74) is 0. The van der Waals surface area contributed by atoms with E-state index in [-0.39, 0.29) is 17.9 Å². The number of nitrogens with zero attached hydrogens (tertiary/aromatic N) is 1. The van der Waals surface area contributed by atoms with Crippen molar-refractivity contribution in [1.82, 2.24) is 10.2 Å². The summed E-state index contributed by atoms with van der Waals surface area (Å²) in [6.45, 7) is 7.13. The number of Topliss-reactive ketones (excluding diaryl/α,β-unsaturated/α-hetero) is 1. The molecule has 1 N–H and O–H groups in total. The van der Waals surface area contributed by atoms with E-state index in [9.17, 15) is 9.59 Å². The molecule has 1 fully saturated rings. The monoisotopic (exact) mass is 212 g/mol. The number of hydrogen-bond donors (Lipinski definition) is 1. The van der Waals surface area contributed by atoms with Crippen LogP contribution in [0.25, 0.3) is 0 Å². The van der Waals surface area contributed by atoms with Crippen molar-refractivity contribution in [3.05, 3.63) is 0 Å². The Labute approximate surface area is 91.0 Å². The van der Waals surface area contributed by atoms with Crippen LogP contribution in [0.4, 0.5) is 4.79 Å². The molecule has 0 aromatic rings. The van der Waals surface area contributed by atoms with Gasteiger partial charge in [0.15, 0.2) is 0 Å². The highest BCUT2D eigenvalue weighted by Crippen LogP contribution is 2.12. The van der Waals surface area contributed by atoms with Gasteiger partial charge < -0.3 is 10.2 Å². The number of carbonyl (C=O) groups excluding carboxylic acids is 2. The minimum absolute atomic E-state index is 0.0260. The molecule has 1 rings (SSSR count). The lowest BCUT2D eigenvalue weighted by Crippen LogP contribution is -2.30. The molecule has 1 atom stereocenters. The number of rotatable bonds is 5. The molecule has 1 aliphatic rings. The molecule has 0 aromatic carbocycles. The third-order valence-corrected chi connectivity index (χ3v) is 2.55. The predicted octanol–water partition coefficient (Wildman–Crippen LogP) is 1.41. The van der Waals surface area contributed by atoms with E-state index in [2.05, 4.69) is 19.2 Å². The molecule has 0 saturated carbocycles. The van der Waals surface area contributed by atoms with Crippen molar-refractivity contribution in [1.29, 1.82) is 0 Å². The molecule has 0 bridgehead atoms. The molecule has 0 spiro atoms. The second-order valence-corrected chi connectivity index (χ2v) is 4.67. The van der Waals surface area contributed by atoms with E-state index in [4.69, 9.17) is 0 Å². The SMILES string of the molecule is CC(=O)CCN1CC(CC(C)C)NC1=O. The van der Waals surface area contributed by atoms with Crippen molar-refractivity contribution in [2.45, 2.75) is 39.7 Å². The van der Waals surface area contributed by atoms with Crippen LogP contribution in [-0.4, -0.2) is 35.8 Å². The van der Waals surface area contributed by atoms with Gasteiger partial charge in [-0.25, -0.2) is 4.79 Å². The van der Waals surface area contributed by atoms with E-state index in [0.717, 1.165) is 13.0 Å². The lowest BCUT2D eigenvalue weighted by Gasteiger charge is -2.14. The maximum Gasteiger partial charge on any atom is 0.317 e. The van der Waals surface area contributed by atoms with Gasteiger partial charge in [-0.15, -0.1) is 0 Å². The van der Waals surface area contributed by atoms with E-state index in [1.54, 1.807) is 11.8 Å². The third-order valence-electron chi connectivity index (χ3n) is 2.55. The Hall–Kier alpha value is -1.06. The molecular formula is C11H20N2O2. The Morgan fingerprint density at radius 1 is 1.60 bits per heavy atom. The summed E-state index contributed by atoms with van der Waals surface area (Å²) in [6.07, 6.45) is 1.46. The first kappa shape index (κ1) is 12.0. The zero-order valence-corrected chi connectivity index (χ0v) is 9.75. The molecule has 1 saturated heterocycles. The summed E-state index contributed by atoms with van der Waals surface area (Å²) < 4.78 is 0. The van der Waals surface area contributed by atoms with Gasteiger partial charge in [-0.2, -0.15) is 0 Å². The minimum Gasteiger partial charge on any atom is -0.333 e. The van der Waals surface area contributed by atoms with Crippen LogP contribution >= 0.6 is 0 Å². The Balaban J connectivity index is 2.35. The second-order valence-electron chi connectivity index (χ2n) is 4.67. The largest absolute Gasteiger partial charge is 0.333 e. The van der Waals surface area contributed by atoms with Crippen molar-refractivity contribution in [2.75, 3.05) is 13.1 Å². The Kier molecular flexibility index (Phi) is 4.12. The van der Waals surface area contributed by atoms with Gasteiger partial charge in [-0.3, -0.25) is 4.79 Å². The molecule has 4 heteroatoms. The Bertz CT molecular complexity index is 251. The fraction of sp³-hybridized carbons (Fsp3) is 0.818. The first-order valence-electron chi connectivity index (χ1n) is 5.54. The Morgan fingerprint density at radius 3 is 2.80 bits per heavy atom. The predicted molar refractivity (Wildman–Crippen MR) is 58.6 cm³/mol. The molecule has 86 valence electrons. The van der Waals surface area contributed by atoms with Crippen molar-refractivity contribution in [3.63, 3.8) is 0 Å². The summed E-state index contributed by atoms with van der Waals surface area (Å²) in [5, 5.41) is 2.93. The molecule has 15 heavy (non-hydrogen) atoms. The number of amides is 2. The molecule has 1 aliphatic heterocycles. The maximum absolute atomic E-state index is 11.5. The number of ketones is 1. The van der Waals surface area contributed by atoms with Gasteiger partial charge in [-0.05, 0) is 19.3 Å². The van der Waals surface area contributed by atoms with Crippen LogP contribution in [0, 0.1) is 5.92 Å². The standard InChI is InChI=1S/C11H20N2O2/c1-8(2)6-10-7-13(11(15)12-10)5-4-9(3)14/h8,10H,4-7H2,1-3H3,(H,12,15). The molecule has 0 radical (unpaired) electrons. The fourth-order valence-electron chi connectivity index (χ4n) is 1.85. The molecule has 2 amide bonds. The van der Waals surface area contributed by atoms with Crippen molar-refractivity contribution in [2.24, 2.45) is 5.92 Å². The van der Waals surface area contributed by atoms with E-state index in [0.29, 0.717) is 18.9 Å². The molecule has 0 aliphatic carbocycles. The van der Waals surface area contributed by atoms with Crippen molar-refractivity contribution in [3.8, 4) is 0 Å². The summed E-state index contributed by atoms with van der Waals surface area (Å²) in [4.78, 5) is 24.0. The number of hydrogen-bond acceptors (Lipinski definition) is 2. The Morgan fingerprint density at radius 2 is 2.27 bits per heavy atom. The smallest absolute Gasteiger partial charge is 0.317 e. The fourth-order valence-corrected chi connectivity index (χ4v) is 1.85. The topological polar surface area (TPSA) is 49.4 Å². The van der Waals surface area contributed by atoms with E-state index in [1.807, 2.05) is 0 Å². The summed E-state index contributed by atoms with van der Waals surface area (Å²) in [7, 11) is 0. The van der Waals surface area contributed by atoms with Crippen LogP contribution in [0.3, 0.4) is 0 Å². The van der Waals surface area contributed by atoms with Gasteiger partial charge in [0.05, 0.1) is 0 Å². The number of nitrogens with one attached hydrogen (secondary N) is 1. The minimum atomic E-state index is -0.0260. The summed E-state index contributed by atoms with van der Waals surface area (Å²) >= 11 is 0. The van der Waals surface area contributed by atoms with Crippen LogP contribution in [0.1, 0.15) is 33.6 Å². The van der Waals surface area contributed by atoms with E-state index >= 15 is 0 Å². The van der Waals surface area contributed by atoms with Gasteiger partial charge in [0.25, 0.3) is 0 Å². The van der Waals surface area contributed by atoms with Gasteiger partial charge >= 0.3 is 6.03 Å². The van der Waals surface area contributed by atoms with Gasteiger partial charge in [0.2, 0.25) is 0 Å². The highest BCUT2D eigenvalue weighted by molar-refractivity contribution is 5.79. The normalized spacial score (nSPS) is 20.9. The zero-order chi connectivity index (χ0) is 11.4. The molecule has 4 nitrogen and oxygen atoms in total. The van der Waals surface area contributed by atoms with Crippen LogP contribution in [0.2, 0.25) is 0 Å². The third kappa shape index (κ3) is 3.90. The summed E-state index contributed by atoms with van der Waals surface area (Å²) in [5.74, 6) is 0.721. The van der Waals surface area contributed by atoms with Crippen LogP contribution in [0.5, 0.6) is 0 Å². The molecule has 1 unspecified atom stereocenters. The highest BCUT2D eigenvalue weighted by Gasteiger charge is 2.28. The van der Waals surface area contributed by atoms with Crippen LogP contribution < -0.4 is 5.32 Å². The highest BCUT2D eigenvalue weighted by atomic mass is 16.2. The number of carbonyl (C=O) groups is 2.